The van der Waals surface area contributed by atoms with E-state index in [9.17, 15) is 14.7 Å². The lowest BCUT2D eigenvalue weighted by Gasteiger charge is -2.17. The summed E-state index contributed by atoms with van der Waals surface area (Å²) in [6.07, 6.45) is -0.840. The van der Waals surface area contributed by atoms with Crippen LogP contribution in [-0.4, -0.2) is 30.1 Å². The van der Waals surface area contributed by atoms with Gasteiger partial charge >= 0.3 is 0 Å². The van der Waals surface area contributed by atoms with Crippen LogP contribution in [0.15, 0.2) is 0 Å². The second-order valence-electron chi connectivity index (χ2n) is 2.74. The molecular formula is C9H16O4. The molecule has 0 aliphatic carbocycles. The van der Waals surface area contributed by atoms with Gasteiger partial charge in [-0.25, -0.2) is 0 Å². The lowest BCUT2D eigenvalue weighted by atomic mass is 9.95. The van der Waals surface area contributed by atoms with Gasteiger partial charge in [-0.2, -0.15) is 0 Å². The number of carbonyl (C=O) groups excluding carboxylic acids is 2. The second kappa shape index (κ2) is 5.83. The van der Waals surface area contributed by atoms with E-state index in [0.717, 1.165) is 0 Å². The van der Waals surface area contributed by atoms with Crippen molar-refractivity contribution in [1.82, 2.24) is 0 Å². The van der Waals surface area contributed by atoms with Crippen molar-refractivity contribution >= 4 is 11.6 Å². The molecule has 0 aromatic carbocycles. The molecular weight excluding hydrogens is 172 g/mol. The molecule has 0 spiro atoms. The van der Waals surface area contributed by atoms with Gasteiger partial charge < -0.3 is 9.84 Å². The lowest BCUT2D eigenvalue weighted by molar-refractivity contribution is -0.156. The first-order chi connectivity index (χ1) is 6.08. The van der Waals surface area contributed by atoms with Gasteiger partial charge in [0.25, 0.3) is 0 Å². The summed E-state index contributed by atoms with van der Waals surface area (Å²) >= 11 is 0. The number of methoxy groups -OCH3 is 1. The van der Waals surface area contributed by atoms with E-state index in [4.69, 9.17) is 0 Å². The number of ketones is 2. The monoisotopic (exact) mass is 188 g/mol. The van der Waals surface area contributed by atoms with Crippen molar-refractivity contribution in [2.45, 2.75) is 33.0 Å². The molecule has 0 rings (SSSR count). The van der Waals surface area contributed by atoms with E-state index >= 15 is 0 Å². The zero-order valence-electron chi connectivity index (χ0n) is 8.24. The highest BCUT2D eigenvalue weighted by Crippen LogP contribution is 2.12. The summed E-state index contributed by atoms with van der Waals surface area (Å²) in [6.45, 7) is 3.31. The quantitative estimate of drug-likeness (QED) is 0.487. The van der Waals surface area contributed by atoms with Gasteiger partial charge in [0.1, 0.15) is 17.5 Å². The van der Waals surface area contributed by atoms with E-state index < -0.39 is 12.2 Å². The molecule has 1 atom stereocenters. The lowest BCUT2D eigenvalue weighted by Crippen LogP contribution is -2.35. The van der Waals surface area contributed by atoms with Gasteiger partial charge in [0, 0.05) is 20.0 Å². The Morgan fingerprint density at radius 1 is 1.23 bits per heavy atom. The van der Waals surface area contributed by atoms with Gasteiger partial charge in [0.05, 0.1) is 0 Å². The summed E-state index contributed by atoms with van der Waals surface area (Å²) in [5, 5.41) is 9.26. The van der Waals surface area contributed by atoms with Crippen LogP contribution in [0.1, 0.15) is 26.7 Å². The van der Waals surface area contributed by atoms with Crippen molar-refractivity contribution < 1.29 is 19.4 Å². The van der Waals surface area contributed by atoms with Crippen LogP contribution >= 0.6 is 0 Å². The number of aliphatic hydroxyl groups is 1. The highest BCUT2D eigenvalue weighted by Gasteiger charge is 2.31. The standard InChI is InChI=1S/C9H16O4/c1-4-6(10)8(7(11)5-2)9(12)13-3/h8-9,12H,4-5H2,1-3H3. The first-order valence-corrected chi connectivity index (χ1v) is 4.34. The number of carbonyl (C=O) groups is 2. The van der Waals surface area contributed by atoms with Gasteiger partial charge in [0.2, 0.25) is 0 Å². The van der Waals surface area contributed by atoms with Gasteiger partial charge in [-0.3, -0.25) is 9.59 Å². The second-order valence-corrected chi connectivity index (χ2v) is 2.74. The predicted molar refractivity (Wildman–Crippen MR) is 47.1 cm³/mol. The molecule has 0 saturated carbocycles. The van der Waals surface area contributed by atoms with Crippen molar-refractivity contribution in [2.24, 2.45) is 5.92 Å². The van der Waals surface area contributed by atoms with Crippen LogP contribution in [0.2, 0.25) is 0 Å². The minimum atomic E-state index is -1.31. The molecule has 0 saturated heterocycles. The van der Waals surface area contributed by atoms with Crippen molar-refractivity contribution in [2.75, 3.05) is 7.11 Å². The Balaban J connectivity index is 4.54. The summed E-state index contributed by atoms with van der Waals surface area (Å²) in [7, 11) is 1.27. The Morgan fingerprint density at radius 2 is 1.62 bits per heavy atom. The van der Waals surface area contributed by atoms with E-state index in [1.165, 1.54) is 7.11 Å². The first kappa shape index (κ1) is 12.3. The van der Waals surface area contributed by atoms with Crippen molar-refractivity contribution in [1.29, 1.82) is 0 Å². The third kappa shape index (κ3) is 3.24. The molecule has 76 valence electrons. The Kier molecular flexibility index (Phi) is 5.50. The van der Waals surface area contributed by atoms with E-state index in [2.05, 4.69) is 4.74 Å². The molecule has 0 amide bonds. The zero-order valence-corrected chi connectivity index (χ0v) is 8.24. The Morgan fingerprint density at radius 3 is 1.85 bits per heavy atom. The molecule has 1 unspecified atom stereocenters. The molecule has 0 aromatic rings. The van der Waals surface area contributed by atoms with Crippen LogP contribution in [0.3, 0.4) is 0 Å². The third-order valence-electron chi connectivity index (χ3n) is 1.92. The van der Waals surface area contributed by atoms with Crippen LogP contribution < -0.4 is 0 Å². The fourth-order valence-corrected chi connectivity index (χ4v) is 1.07. The molecule has 0 fully saturated rings. The topological polar surface area (TPSA) is 63.6 Å². The van der Waals surface area contributed by atoms with Crippen molar-refractivity contribution in [3.63, 3.8) is 0 Å². The largest absolute Gasteiger partial charge is 0.367 e. The van der Waals surface area contributed by atoms with Crippen molar-refractivity contribution in [3.8, 4) is 0 Å². The number of hydrogen-bond acceptors (Lipinski definition) is 4. The molecule has 0 radical (unpaired) electrons. The average Bonchev–Trinajstić information content (AvgIpc) is 2.16. The Bertz CT molecular complexity index is 172. The Labute approximate surface area is 77.9 Å². The maximum atomic E-state index is 11.3. The first-order valence-electron chi connectivity index (χ1n) is 4.34. The zero-order chi connectivity index (χ0) is 10.4. The summed E-state index contributed by atoms with van der Waals surface area (Å²) in [6, 6.07) is 0. The van der Waals surface area contributed by atoms with Gasteiger partial charge in [-0.1, -0.05) is 13.8 Å². The average molecular weight is 188 g/mol. The number of Topliss-reactive ketones (excluding diaryl/α,β-unsaturated/α-hetero) is 2. The molecule has 0 aliphatic heterocycles. The molecule has 4 heteroatoms. The molecule has 13 heavy (non-hydrogen) atoms. The third-order valence-corrected chi connectivity index (χ3v) is 1.92. The maximum Gasteiger partial charge on any atom is 0.170 e. The van der Waals surface area contributed by atoms with Crippen LogP contribution in [0.5, 0.6) is 0 Å². The van der Waals surface area contributed by atoms with Gasteiger partial charge in [-0.15, -0.1) is 0 Å². The van der Waals surface area contributed by atoms with E-state index in [1.807, 2.05) is 0 Å². The maximum absolute atomic E-state index is 11.3. The summed E-state index contributed by atoms with van der Waals surface area (Å²) < 4.78 is 4.57. The summed E-state index contributed by atoms with van der Waals surface area (Å²) in [5.41, 5.74) is 0. The molecule has 0 heterocycles. The fourth-order valence-electron chi connectivity index (χ4n) is 1.07. The molecule has 0 aromatic heterocycles. The highest BCUT2D eigenvalue weighted by molar-refractivity contribution is 6.02. The van der Waals surface area contributed by atoms with Crippen molar-refractivity contribution in [3.05, 3.63) is 0 Å². The van der Waals surface area contributed by atoms with E-state index in [1.54, 1.807) is 13.8 Å². The smallest absolute Gasteiger partial charge is 0.170 e. The number of aliphatic hydroxyl groups excluding tert-OH is 1. The molecule has 4 nitrogen and oxygen atoms in total. The van der Waals surface area contributed by atoms with E-state index in [-0.39, 0.29) is 24.4 Å². The molecule has 0 bridgehead atoms. The number of rotatable bonds is 6. The summed E-state index contributed by atoms with van der Waals surface area (Å²) in [4.78, 5) is 22.5. The summed E-state index contributed by atoms with van der Waals surface area (Å²) in [5.74, 6) is -1.57. The number of ether oxygens (including phenoxy) is 1. The Hall–Kier alpha value is -0.740. The predicted octanol–water partition coefficient (Wildman–Crippen LogP) is 0.526. The highest BCUT2D eigenvalue weighted by atomic mass is 16.6. The normalized spacial score (nSPS) is 13.0. The van der Waals surface area contributed by atoms with Gasteiger partial charge in [0.15, 0.2) is 6.29 Å². The minimum Gasteiger partial charge on any atom is -0.367 e. The fraction of sp³-hybridized carbons (Fsp3) is 0.778. The van der Waals surface area contributed by atoms with Crippen LogP contribution in [0.25, 0.3) is 0 Å². The molecule has 0 aliphatic rings. The number of hydrogen-bond donors (Lipinski definition) is 1. The van der Waals surface area contributed by atoms with Crippen LogP contribution in [-0.2, 0) is 14.3 Å². The minimum absolute atomic E-state index is 0.233. The van der Waals surface area contributed by atoms with Gasteiger partial charge in [-0.05, 0) is 0 Å². The SMILES string of the molecule is CCC(=O)C(C(=O)CC)C(O)OC. The van der Waals surface area contributed by atoms with Crippen LogP contribution in [0.4, 0.5) is 0 Å². The van der Waals surface area contributed by atoms with Crippen LogP contribution in [0, 0.1) is 5.92 Å². The van der Waals surface area contributed by atoms with E-state index in [0.29, 0.717) is 0 Å². The molecule has 1 N–H and O–H groups in total.